The maximum Gasteiger partial charge on any atom is 0.407 e. The number of amides is 1. The molecule has 17 heavy (non-hydrogen) atoms. The zero-order chi connectivity index (χ0) is 12.5. The summed E-state index contributed by atoms with van der Waals surface area (Å²) in [6.45, 7) is 8.91. The number of hydrogen-bond donors (Lipinski definition) is 2. The van der Waals surface area contributed by atoms with Crippen LogP contribution in [0, 0.1) is 5.41 Å². The molecule has 1 spiro atoms. The van der Waals surface area contributed by atoms with E-state index in [4.69, 9.17) is 9.47 Å². The largest absolute Gasteiger partial charge is 0.444 e. The molecule has 0 aromatic heterocycles. The van der Waals surface area contributed by atoms with E-state index in [1.807, 2.05) is 20.8 Å². The maximum absolute atomic E-state index is 11.8. The summed E-state index contributed by atoms with van der Waals surface area (Å²) in [6, 6.07) is 0.160. The Balaban J connectivity index is 1.90. The number of rotatable bonds is 1. The van der Waals surface area contributed by atoms with Crippen molar-refractivity contribution in [3.05, 3.63) is 0 Å². The molecule has 2 saturated heterocycles. The molecule has 98 valence electrons. The van der Waals surface area contributed by atoms with Crippen LogP contribution in [0.2, 0.25) is 0 Å². The third-order valence-electron chi connectivity index (χ3n) is 3.30. The van der Waals surface area contributed by atoms with E-state index in [0.717, 1.165) is 32.7 Å². The zero-order valence-corrected chi connectivity index (χ0v) is 10.8. The van der Waals surface area contributed by atoms with Gasteiger partial charge in [-0.05, 0) is 33.7 Å². The van der Waals surface area contributed by atoms with Gasteiger partial charge in [-0.15, -0.1) is 0 Å². The Hall–Kier alpha value is -0.810. The Kier molecular flexibility index (Phi) is 3.32. The molecular formula is C12H22N2O3. The van der Waals surface area contributed by atoms with Gasteiger partial charge in [0.15, 0.2) is 0 Å². The van der Waals surface area contributed by atoms with Crippen LogP contribution in [0.3, 0.4) is 0 Å². The number of alkyl carbamates (subject to hydrolysis) is 1. The fraction of sp³-hybridized carbons (Fsp3) is 0.917. The lowest BCUT2D eigenvalue weighted by Crippen LogP contribution is -2.65. The molecule has 1 amide bonds. The molecule has 2 rings (SSSR count). The van der Waals surface area contributed by atoms with Gasteiger partial charge in [-0.25, -0.2) is 4.79 Å². The van der Waals surface area contributed by atoms with Gasteiger partial charge < -0.3 is 20.1 Å². The molecule has 0 bridgehead atoms. The van der Waals surface area contributed by atoms with Crippen LogP contribution in [0.25, 0.3) is 0 Å². The van der Waals surface area contributed by atoms with E-state index in [2.05, 4.69) is 10.6 Å². The quantitative estimate of drug-likeness (QED) is 0.717. The Bertz CT molecular complexity index is 295. The molecule has 2 heterocycles. The number of piperidine rings is 1. The van der Waals surface area contributed by atoms with Gasteiger partial charge in [-0.3, -0.25) is 0 Å². The highest BCUT2D eigenvalue weighted by Gasteiger charge is 2.48. The molecule has 0 radical (unpaired) electrons. The summed E-state index contributed by atoms with van der Waals surface area (Å²) < 4.78 is 10.6. The summed E-state index contributed by atoms with van der Waals surface area (Å²) in [5.41, 5.74) is -0.366. The van der Waals surface area contributed by atoms with Crippen molar-refractivity contribution in [2.24, 2.45) is 5.41 Å². The van der Waals surface area contributed by atoms with E-state index >= 15 is 0 Å². The molecule has 1 unspecified atom stereocenters. The van der Waals surface area contributed by atoms with Crippen LogP contribution >= 0.6 is 0 Å². The van der Waals surface area contributed by atoms with Gasteiger partial charge in [-0.1, -0.05) is 0 Å². The number of carbonyl (C=O) groups is 1. The van der Waals surface area contributed by atoms with Gasteiger partial charge in [0.2, 0.25) is 0 Å². The first kappa shape index (κ1) is 12.6. The molecule has 2 fully saturated rings. The van der Waals surface area contributed by atoms with E-state index in [-0.39, 0.29) is 17.6 Å². The van der Waals surface area contributed by atoms with Crippen LogP contribution < -0.4 is 10.6 Å². The highest BCUT2D eigenvalue weighted by Crippen LogP contribution is 2.34. The first-order valence-electron chi connectivity index (χ1n) is 6.19. The Morgan fingerprint density at radius 3 is 2.71 bits per heavy atom. The highest BCUT2D eigenvalue weighted by molar-refractivity contribution is 5.68. The highest BCUT2D eigenvalue weighted by atomic mass is 16.6. The Morgan fingerprint density at radius 2 is 2.18 bits per heavy atom. The fourth-order valence-electron chi connectivity index (χ4n) is 2.36. The minimum Gasteiger partial charge on any atom is -0.444 e. The van der Waals surface area contributed by atoms with Crippen molar-refractivity contribution >= 4 is 6.09 Å². The molecular weight excluding hydrogens is 220 g/mol. The van der Waals surface area contributed by atoms with Crippen molar-refractivity contribution < 1.29 is 14.3 Å². The summed E-state index contributed by atoms with van der Waals surface area (Å²) in [4.78, 5) is 11.8. The molecule has 2 aliphatic rings. The fourth-order valence-corrected chi connectivity index (χ4v) is 2.36. The molecule has 1 atom stereocenters. The van der Waals surface area contributed by atoms with Crippen LogP contribution in [0.1, 0.15) is 27.2 Å². The predicted molar refractivity (Wildman–Crippen MR) is 63.9 cm³/mol. The zero-order valence-electron chi connectivity index (χ0n) is 10.8. The van der Waals surface area contributed by atoms with Gasteiger partial charge >= 0.3 is 6.09 Å². The van der Waals surface area contributed by atoms with Crippen LogP contribution in [0.4, 0.5) is 4.79 Å². The average molecular weight is 242 g/mol. The number of carbonyl (C=O) groups excluding carboxylic acids is 1. The van der Waals surface area contributed by atoms with Gasteiger partial charge in [0.05, 0.1) is 13.2 Å². The van der Waals surface area contributed by atoms with Crippen LogP contribution in [0.15, 0.2) is 0 Å². The third-order valence-corrected chi connectivity index (χ3v) is 3.30. The minimum atomic E-state index is -0.444. The number of hydrogen-bond acceptors (Lipinski definition) is 4. The molecule has 0 saturated carbocycles. The predicted octanol–water partition coefficient (Wildman–Crippen LogP) is 0.890. The van der Waals surface area contributed by atoms with Crippen molar-refractivity contribution in [2.75, 3.05) is 26.3 Å². The normalized spacial score (nSPS) is 27.4. The molecule has 5 heteroatoms. The average Bonchev–Trinajstić information content (AvgIpc) is 2.12. The van der Waals surface area contributed by atoms with E-state index in [1.54, 1.807) is 0 Å². The lowest BCUT2D eigenvalue weighted by molar-refractivity contribution is -0.138. The van der Waals surface area contributed by atoms with E-state index in [0.29, 0.717) is 0 Å². The van der Waals surface area contributed by atoms with Crippen molar-refractivity contribution in [1.82, 2.24) is 10.6 Å². The van der Waals surface area contributed by atoms with Gasteiger partial charge in [-0.2, -0.15) is 0 Å². The summed E-state index contributed by atoms with van der Waals surface area (Å²) in [5.74, 6) is 0. The topological polar surface area (TPSA) is 59.6 Å². The molecule has 5 nitrogen and oxygen atoms in total. The van der Waals surface area contributed by atoms with Gasteiger partial charge in [0.1, 0.15) is 5.60 Å². The van der Waals surface area contributed by atoms with Crippen molar-refractivity contribution in [1.29, 1.82) is 0 Å². The van der Waals surface area contributed by atoms with Crippen molar-refractivity contribution in [2.45, 2.75) is 38.8 Å². The second-order valence-corrected chi connectivity index (χ2v) is 6.02. The van der Waals surface area contributed by atoms with Crippen molar-refractivity contribution in [3.8, 4) is 0 Å². The number of ether oxygens (including phenoxy) is 2. The molecule has 2 aliphatic heterocycles. The van der Waals surface area contributed by atoms with E-state index in [1.165, 1.54) is 0 Å². The minimum absolute atomic E-state index is 0.0785. The summed E-state index contributed by atoms with van der Waals surface area (Å²) >= 11 is 0. The summed E-state index contributed by atoms with van der Waals surface area (Å²) in [6.07, 6.45) is 0.610. The lowest BCUT2D eigenvalue weighted by Gasteiger charge is -2.50. The van der Waals surface area contributed by atoms with Gasteiger partial charge in [0.25, 0.3) is 0 Å². The van der Waals surface area contributed by atoms with Crippen LogP contribution in [0.5, 0.6) is 0 Å². The summed E-state index contributed by atoms with van der Waals surface area (Å²) in [5, 5.41) is 6.34. The Labute approximate surface area is 102 Å². The van der Waals surface area contributed by atoms with E-state index < -0.39 is 5.60 Å². The first-order chi connectivity index (χ1) is 7.91. The number of nitrogens with one attached hydrogen (secondary N) is 2. The third kappa shape index (κ3) is 2.90. The monoisotopic (exact) mass is 242 g/mol. The molecule has 2 N–H and O–H groups in total. The Morgan fingerprint density at radius 1 is 1.47 bits per heavy atom. The van der Waals surface area contributed by atoms with Crippen LogP contribution in [-0.2, 0) is 9.47 Å². The smallest absolute Gasteiger partial charge is 0.407 e. The van der Waals surface area contributed by atoms with E-state index in [9.17, 15) is 4.79 Å². The SMILES string of the molecule is CC(C)(C)OC(=O)NC1CCNCC12COC2. The standard InChI is InChI=1S/C12H22N2O3/c1-11(2,3)17-10(15)14-9-4-5-13-6-12(9)7-16-8-12/h9,13H,4-8H2,1-3H3,(H,14,15). The maximum atomic E-state index is 11.8. The van der Waals surface area contributed by atoms with Gasteiger partial charge in [0, 0.05) is 18.0 Å². The molecule has 0 aromatic rings. The molecule has 0 aromatic carbocycles. The second kappa shape index (κ2) is 4.46. The second-order valence-electron chi connectivity index (χ2n) is 6.02. The van der Waals surface area contributed by atoms with Crippen molar-refractivity contribution in [3.63, 3.8) is 0 Å². The first-order valence-corrected chi connectivity index (χ1v) is 6.19. The summed E-state index contributed by atoms with van der Waals surface area (Å²) in [7, 11) is 0. The van der Waals surface area contributed by atoms with Crippen LogP contribution in [-0.4, -0.2) is 44.0 Å². The molecule has 0 aliphatic carbocycles. The lowest BCUT2D eigenvalue weighted by atomic mass is 9.74.